The van der Waals surface area contributed by atoms with Crippen molar-refractivity contribution in [2.24, 2.45) is 35.5 Å². The molecule has 4 rings (SSSR count). The zero-order chi connectivity index (χ0) is 25.2. The van der Waals surface area contributed by atoms with Crippen molar-refractivity contribution in [2.75, 3.05) is 19.8 Å². The van der Waals surface area contributed by atoms with Crippen LogP contribution in [0.1, 0.15) is 103 Å². The van der Waals surface area contributed by atoms with Crippen LogP contribution in [-0.4, -0.2) is 32.2 Å². The number of allylic oxidation sites excluding steroid dienone is 3. The van der Waals surface area contributed by atoms with Crippen molar-refractivity contribution in [3.05, 3.63) is 24.3 Å². The first-order valence-electron chi connectivity index (χ1n) is 15.1. The molecule has 0 aromatic rings. The van der Waals surface area contributed by atoms with E-state index in [1.54, 1.807) is 0 Å². The number of ether oxygens (including phenoxy) is 3. The summed E-state index contributed by atoms with van der Waals surface area (Å²) in [5.74, 6) is 3.75. The largest absolute Gasteiger partial charge is 0.378 e. The fourth-order valence-corrected chi connectivity index (χ4v) is 7.41. The molecule has 0 bridgehead atoms. The number of hydrogen-bond donors (Lipinski definition) is 0. The molecule has 0 radical (unpaired) electrons. The first-order valence-corrected chi connectivity index (χ1v) is 15.1. The molecule has 3 saturated carbocycles. The lowest BCUT2D eigenvalue weighted by Gasteiger charge is -2.41. The van der Waals surface area contributed by atoms with Crippen LogP contribution in [0, 0.1) is 35.5 Å². The van der Waals surface area contributed by atoms with Crippen LogP contribution in [-0.2, 0) is 14.2 Å². The Hall–Kier alpha value is -0.780. The van der Waals surface area contributed by atoms with Crippen molar-refractivity contribution in [2.45, 2.75) is 116 Å². The summed E-state index contributed by atoms with van der Waals surface area (Å²) in [6.45, 7) is 4.60. The molecular formula is C31H50F2O3. The summed E-state index contributed by atoms with van der Waals surface area (Å²) in [7, 11) is 0. The fourth-order valence-electron chi connectivity index (χ4n) is 7.41. The molecule has 1 aliphatic heterocycles. The highest BCUT2D eigenvalue weighted by atomic mass is 19.3. The van der Waals surface area contributed by atoms with Crippen molar-refractivity contribution in [1.82, 2.24) is 0 Å². The Morgan fingerprint density at radius 1 is 0.778 bits per heavy atom. The Labute approximate surface area is 218 Å². The van der Waals surface area contributed by atoms with Gasteiger partial charge in [-0.05, 0) is 132 Å². The minimum Gasteiger partial charge on any atom is -0.378 e. The summed E-state index contributed by atoms with van der Waals surface area (Å²) in [4.78, 5) is 0. The summed E-state index contributed by atoms with van der Waals surface area (Å²) in [6, 6.07) is 0. The zero-order valence-electron chi connectivity index (χ0n) is 22.6. The molecular weight excluding hydrogens is 458 g/mol. The number of rotatable bonds is 10. The summed E-state index contributed by atoms with van der Waals surface area (Å²) in [5, 5.41) is 0. The van der Waals surface area contributed by atoms with E-state index >= 15 is 0 Å². The molecule has 3 aliphatic carbocycles. The molecule has 206 valence electrons. The van der Waals surface area contributed by atoms with Gasteiger partial charge < -0.3 is 14.2 Å². The molecule has 0 aromatic heterocycles. The summed E-state index contributed by atoms with van der Waals surface area (Å²) >= 11 is 0. The zero-order valence-corrected chi connectivity index (χ0v) is 22.6. The Balaban J connectivity index is 1.03. The highest BCUT2D eigenvalue weighted by molar-refractivity contribution is 4.92. The van der Waals surface area contributed by atoms with E-state index in [1.807, 2.05) is 0 Å². The van der Waals surface area contributed by atoms with Crippen LogP contribution in [0.2, 0.25) is 0 Å². The molecule has 5 heteroatoms. The lowest BCUT2D eigenvalue weighted by atomic mass is 9.67. The van der Waals surface area contributed by atoms with Crippen LogP contribution in [0.3, 0.4) is 0 Å². The first kappa shape index (κ1) is 28.2. The van der Waals surface area contributed by atoms with Crippen molar-refractivity contribution in [1.29, 1.82) is 0 Å². The third-order valence-electron chi connectivity index (χ3n) is 9.76. The lowest BCUT2D eigenvalue weighted by Crippen LogP contribution is -2.38. The lowest BCUT2D eigenvalue weighted by molar-refractivity contribution is -0.214. The van der Waals surface area contributed by atoms with Crippen molar-refractivity contribution in [3.8, 4) is 0 Å². The van der Waals surface area contributed by atoms with Gasteiger partial charge in [-0.1, -0.05) is 12.2 Å². The minimum absolute atomic E-state index is 0.0591. The average molecular weight is 509 g/mol. The van der Waals surface area contributed by atoms with Gasteiger partial charge in [0, 0.05) is 18.9 Å². The topological polar surface area (TPSA) is 27.7 Å². The van der Waals surface area contributed by atoms with E-state index in [-0.39, 0.29) is 12.2 Å². The molecule has 0 N–H and O–H groups in total. The van der Waals surface area contributed by atoms with Gasteiger partial charge in [-0.15, -0.1) is 0 Å². The van der Waals surface area contributed by atoms with Crippen molar-refractivity contribution in [3.63, 3.8) is 0 Å². The van der Waals surface area contributed by atoms with Gasteiger partial charge in [-0.25, -0.2) is 0 Å². The molecule has 4 aliphatic rings. The highest BCUT2D eigenvalue weighted by Crippen LogP contribution is 2.44. The van der Waals surface area contributed by atoms with E-state index in [0.717, 1.165) is 76.1 Å². The van der Waals surface area contributed by atoms with Gasteiger partial charge >= 0.3 is 0 Å². The van der Waals surface area contributed by atoms with Gasteiger partial charge in [-0.2, -0.15) is 8.78 Å². The molecule has 0 atom stereocenters. The van der Waals surface area contributed by atoms with Crippen LogP contribution >= 0.6 is 0 Å². The Bertz CT molecular complexity index is 659. The molecule has 4 fully saturated rings. The van der Waals surface area contributed by atoms with Crippen LogP contribution < -0.4 is 0 Å². The van der Waals surface area contributed by atoms with Gasteiger partial charge in [0.15, 0.2) is 6.29 Å². The number of hydrogen-bond acceptors (Lipinski definition) is 3. The molecule has 36 heavy (non-hydrogen) atoms. The highest BCUT2D eigenvalue weighted by Gasteiger charge is 2.35. The number of halogens is 2. The van der Waals surface area contributed by atoms with Crippen LogP contribution in [0.5, 0.6) is 0 Å². The molecule has 1 saturated heterocycles. The van der Waals surface area contributed by atoms with E-state index < -0.39 is 6.08 Å². The van der Waals surface area contributed by atoms with Crippen LogP contribution in [0.25, 0.3) is 0 Å². The van der Waals surface area contributed by atoms with Gasteiger partial charge in [0.1, 0.15) is 0 Å². The van der Waals surface area contributed by atoms with E-state index in [0.29, 0.717) is 17.9 Å². The second-order valence-corrected chi connectivity index (χ2v) is 12.1. The van der Waals surface area contributed by atoms with Crippen LogP contribution in [0.15, 0.2) is 24.3 Å². The normalized spacial score (nSPS) is 38.2. The predicted octanol–water partition coefficient (Wildman–Crippen LogP) is 8.69. The van der Waals surface area contributed by atoms with E-state index in [9.17, 15) is 8.78 Å². The van der Waals surface area contributed by atoms with E-state index in [1.165, 1.54) is 63.9 Å². The van der Waals surface area contributed by atoms with Crippen molar-refractivity contribution < 1.29 is 23.0 Å². The Morgan fingerprint density at radius 2 is 1.36 bits per heavy atom. The van der Waals surface area contributed by atoms with E-state index in [4.69, 9.17) is 14.2 Å². The SMILES string of the molecule is CC=CCC1CCC(OCCCC2OCC(C3CCC(C4CCC(C=C(F)F)CC4)CC3)CO2)CC1. The van der Waals surface area contributed by atoms with Gasteiger partial charge in [0.2, 0.25) is 0 Å². The Morgan fingerprint density at radius 3 is 1.94 bits per heavy atom. The molecule has 3 nitrogen and oxygen atoms in total. The van der Waals surface area contributed by atoms with Gasteiger partial charge in [0.25, 0.3) is 6.08 Å². The molecule has 0 unspecified atom stereocenters. The standard InChI is InChI=1S/C31H50F2O3/c1-2-3-5-23-9-17-29(18-10-23)34-19-4-6-31-35-21-28(22-36-31)27-15-13-26(14-16-27)25-11-7-24(8-12-25)20-30(32)33/h2-3,20,23-29,31H,4-19,21-22H2,1H3. The average Bonchev–Trinajstić information content (AvgIpc) is 2.91. The van der Waals surface area contributed by atoms with E-state index in [2.05, 4.69) is 19.1 Å². The molecule has 0 amide bonds. The van der Waals surface area contributed by atoms with Gasteiger partial charge in [-0.3, -0.25) is 0 Å². The minimum atomic E-state index is -1.50. The summed E-state index contributed by atoms with van der Waals surface area (Å²) < 4.78 is 43.5. The van der Waals surface area contributed by atoms with Crippen LogP contribution in [0.4, 0.5) is 8.78 Å². The second-order valence-electron chi connectivity index (χ2n) is 12.1. The van der Waals surface area contributed by atoms with Crippen molar-refractivity contribution >= 4 is 0 Å². The maximum atomic E-state index is 12.5. The first-order chi connectivity index (χ1) is 17.6. The summed E-state index contributed by atoms with van der Waals surface area (Å²) in [5.41, 5.74) is 0. The maximum Gasteiger partial charge on any atom is 0.266 e. The van der Waals surface area contributed by atoms with Gasteiger partial charge in [0.05, 0.1) is 19.3 Å². The maximum absolute atomic E-state index is 12.5. The molecule has 0 spiro atoms. The smallest absolute Gasteiger partial charge is 0.266 e. The predicted molar refractivity (Wildman–Crippen MR) is 141 cm³/mol. The molecule has 1 heterocycles. The Kier molecular flexibility index (Phi) is 11.7. The third kappa shape index (κ3) is 8.91. The second kappa shape index (κ2) is 15.0. The third-order valence-corrected chi connectivity index (χ3v) is 9.76. The quantitative estimate of drug-likeness (QED) is 0.218. The fraction of sp³-hybridized carbons (Fsp3) is 0.871. The monoisotopic (exact) mass is 508 g/mol. The molecule has 0 aromatic carbocycles. The summed E-state index contributed by atoms with van der Waals surface area (Å²) in [6.07, 6.45) is 22.0.